The molecule has 2 N–H and O–H groups in total. The number of hydrogen-bond acceptors (Lipinski definition) is 3. The van der Waals surface area contributed by atoms with E-state index in [2.05, 4.69) is 10.3 Å². The molecule has 1 unspecified atom stereocenters. The molecule has 2 amide bonds. The number of nitrogens with one attached hydrogen (secondary N) is 2. The van der Waals surface area contributed by atoms with Gasteiger partial charge in [-0.15, -0.1) is 11.8 Å². The number of thioether (sulfide) groups is 1. The van der Waals surface area contributed by atoms with E-state index in [1.165, 1.54) is 5.56 Å². The van der Waals surface area contributed by atoms with E-state index in [0.717, 1.165) is 22.2 Å². The van der Waals surface area contributed by atoms with Crippen molar-refractivity contribution >= 4 is 40.2 Å². The molecule has 0 aliphatic carbocycles. The maximum atomic E-state index is 13.0. The topological polar surface area (TPSA) is 65.2 Å². The normalized spacial score (nSPS) is 16.7. The highest BCUT2D eigenvalue weighted by Crippen LogP contribution is 2.26. The van der Waals surface area contributed by atoms with Gasteiger partial charge < -0.3 is 15.2 Å². The van der Waals surface area contributed by atoms with Crippen LogP contribution in [0.4, 0.5) is 5.69 Å². The Hall–Kier alpha value is -2.73. The van der Waals surface area contributed by atoms with Crippen molar-refractivity contribution in [3.63, 3.8) is 0 Å². The van der Waals surface area contributed by atoms with Gasteiger partial charge in [0.2, 0.25) is 5.91 Å². The van der Waals surface area contributed by atoms with Gasteiger partial charge in [-0.05, 0) is 49.2 Å². The number of aryl methyl sites for hydroxylation is 2. The predicted octanol–water partition coefficient (Wildman–Crippen LogP) is 3.94. The second kappa shape index (κ2) is 7.12. The van der Waals surface area contributed by atoms with Gasteiger partial charge in [-0.1, -0.05) is 24.3 Å². The first kappa shape index (κ1) is 17.7. The summed E-state index contributed by atoms with van der Waals surface area (Å²) in [7, 11) is 0. The molecule has 0 spiro atoms. The van der Waals surface area contributed by atoms with Crippen LogP contribution in [-0.4, -0.2) is 39.4 Å². The maximum Gasteiger partial charge on any atom is 0.271 e. The number of carbonyl (C=O) groups is 2. The zero-order valence-electron chi connectivity index (χ0n) is 15.3. The third-order valence-corrected chi connectivity index (χ3v) is 5.99. The van der Waals surface area contributed by atoms with E-state index in [9.17, 15) is 9.59 Å². The first-order chi connectivity index (χ1) is 13.0. The van der Waals surface area contributed by atoms with Gasteiger partial charge in [-0.3, -0.25) is 9.59 Å². The quantitative estimate of drug-likeness (QED) is 0.724. The first-order valence-corrected chi connectivity index (χ1v) is 10.0. The fourth-order valence-corrected chi connectivity index (χ4v) is 4.40. The first-order valence-electron chi connectivity index (χ1n) is 8.87. The average molecular weight is 379 g/mol. The molecule has 1 aromatic heterocycles. The van der Waals surface area contributed by atoms with E-state index in [1.807, 2.05) is 62.4 Å². The number of aromatic amines is 1. The third kappa shape index (κ3) is 3.45. The van der Waals surface area contributed by atoms with E-state index >= 15 is 0 Å². The van der Waals surface area contributed by atoms with Gasteiger partial charge in [0.25, 0.3) is 5.91 Å². The van der Waals surface area contributed by atoms with E-state index in [-0.39, 0.29) is 11.8 Å². The Labute approximate surface area is 162 Å². The Morgan fingerprint density at radius 1 is 1.11 bits per heavy atom. The van der Waals surface area contributed by atoms with Crippen LogP contribution in [0.25, 0.3) is 10.9 Å². The van der Waals surface area contributed by atoms with Gasteiger partial charge in [-0.2, -0.15) is 0 Å². The molecule has 138 valence electrons. The summed E-state index contributed by atoms with van der Waals surface area (Å²) in [6.07, 6.45) is 0. The Morgan fingerprint density at radius 3 is 2.70 bits per heavy atom. The Bertz CT molecular complexity index is 994. The molecule has 4 rings (SSSR count). The molecular formula is C21H21N3O2S. The number of para-hydroxylation sites is 1. The van der Waals surface area contributed by atoms with Crippen molar-refractivity contribution in [2.24, 2.45) is 0 Å². The van der Waals surface area contributed by atoms with Crippen molar-refractivity contribution in [2.45, 2.75) is 19.9 Å². The summed E-state index contributed by atoms with van der Waals surface area (Å²) in [6, 6.07) is 15.0. The van der Waals surface area contributed by atoms with Crippen molar-refractivity contribution < 1.29 is 9.59 Å². The summed E-state index contributed by atoms with van der Waals surface area (Å²) in [6.45, 7) is 4.05. The van der Waals surface area contributed by atoms with Crippen LogP contribution >= 0.6 is 11.8 Å². The van der Waals surface area contributed by atoms with Crippen LogP contribution in [0.1, 0.15) is 21.6 Å². The van der Waals surface area contributed by atoms with Crippen molar-refractivity contribution in [3.05, 3.63) is 65.4 Å². The molecule has 3 aromatic rings. The zero-order chi connectivity index (χ0) is 19.0. The summed E-state index contributed by atoms with van der Waals surface area (Å²) >= 11 is 1.60. The zero-order valence-corrected chi connectivity index (χ0v) is 16.1. The molecule has 1 atom stereocenters. The second-order valence-corrected chi connectivity index (χ2v) is 7.85. The number of fused-ring (bicyclic) bond motifs is 1. The molecular weight excluding hydrogens is 358 g/mol. The van der Waals surface area contributed by atoms with Gasteiger partial charge in [0.05, 0.1) is 5.88 Å². The lowest BCUT2D eigenvalue weighted by Crippen LogP contribution is -2.44. The summed E-state index contributed by atoms with van der Waals surface area (Å²) < 4.78 is 0. The molecule has 1 fully saturated rings. The van der Waals surface area contributed by atoms with E-state index in [1.54, 1.807) is 16.7 Å². The highest BCUT2D eigenvalue weighted by molar-refractivity contribution is 7.99. The lowest BCUT2D eigenvalue weighted by atomic mass is 10.1. The number of aromatic nitrogens is 1. The number of rotatable bonds is 3. The van der Waals surface area contributed by atoms with E-state index in [4.69, 9.17) is 0 Å². The Morgan fingerprint density at radius 2 is 1.93 bits per heavy atom. The smallest absolute Gasteiger partial charge is 0.271 e. The minimum Gasteiger partial charge on any atom is -0.351 e. The molecule has 27 heavy (non-hydrogen) atoms. The molecule has 1 saturated heterocycles. The highest BCUT2D eigenvalue weighted by atomic mass is 32.2. The molecule has 1 aliphatic heterocycles. The third-order valence-electron chi connectivity index (χ3n) is 4.98. The minimum absolute atomic E-state index is 0.142. The minimum atomic E-state index is -0.476. The number of anilines is 1. The fraction of sp³-hybridized carbons (Fsp3) is 0.238. The summed E-state index contributed by atoms with van der Waals surface area (Å²) in [5, 5.41) is 3.95. The second-order valence-electron chi connectivity index (χ2n) is 6.85. The number of amides is 2. The molecule has 0 saturated carbocycles. The molecule has 0 radical (unpaired) electrons. The van der Waals surface area contributed by atoms with Crippen LogP contribution in [0, 0.1) is 13.8 Å². The molecule has 2 heterocycles. The van der Waals surface area contributed by atoms with Crippen molar-refractivity contribution in [2.75, 3.05) is 16.9 Å². The van der Waals surface area contributed by atoms with Crippen molar-refractivity contribution in [3.8, 4) is 0 Å². The highest BCUT2D eigenvalue weighted by Gasteiger charge is 2.35. The van der Waals surface area contributed by atoms with E-state index < -0.39 is 6.04 Å². The lowest BCUT2D eigenvalue weighted by Gasteiger charge is -2.22. The molecule has 0 bridgehead atoms. The number of carbonyl (C=O) groups excluding carboxylic acids is 2. The van der Waals surface area contributed by atoms with Crippen LogP contribution in [0.15, 0.2) is 48.5 Å². The summed E-state index contributed by atoms with van der Waals surface area (Å²) in [5.74, 6) is 0.825. The van der Waals surface area contributed by atoms with E-state index in [0.29, 0.717) is 17.3 Å². The van der Waals surface area contributed by atoms with Crippen LogP contribution in [0.5, 0.6) is 0 Å². The van der Waals surface area contributed by atoms with Gasteiger partial charge in [0.1, 0.15) is 11.7 Å². The number of H-pyrrole nitrogens is 1. The fourth-order valence-electron chi connectivity index (χ4n) is 3.25. The summed E-state index contributed by atoms with van der Waals surface area (Å²) in [4.78, 5) is 30.6. The standard InChI is InChI=1S/C21H21N3O2S/c1-13-7-8-16(9-14(13)2)22-20(25)19-11-27-12-24(19)21(26)18-10-15-5-3-4-6-17(15)23-18/h3-10,19,23H,11-12H2,1-2H3,(H,22,25). The maximum absolute atomic E-state index is 13.0. The van der Waals surface area contributed by atoms with Crippen molar-refractivity contribution in [1.82, 2.24) is 9.88 Å². The molecule has 1 aliphatic rings. The summed E-state index contributed by atoms with van der Waals surface area (Å²) in [5.41, 5.74) is 4.50. The van der Waals surface area contributed by atoms with Crippen LogP contribution in [0.3, 0.4) is 0 Å². The van der Waals surface area contributed by atoms with Gasteiger partial charge in [0.15, 0.2) is 0 Å². The molecule has 5 nitrogen and oxygen atoms in total. The average Bonchev–Trinajstić information content (AvgIpc) is 3.31. The lowest BCUT2D eigenvalue weighted by molar-refractivity contribution is -0.119. The SMILES string of the molecule is Cc1ccc(NC(=O)C2CSCN2C(=O)c2cc3ccccc3[nH]2)cc1C. The van der Waals surface area contributed by atoms with Crippen LogP contribution < -0.4 is 5.32 Å². The van der Waals surface area contributed by atoms with Gasteiger partial charge in [-0.25, -0.2) is 0 Å². The number of hydrogen-bond donors (Lipinski definition) is 2. The van der Waals surface area contributed by atoms with Crippen LogP contribution in [0.2, 0.25) is 0 Å². The van der Waals surface area contributed by atoms with Gasteiger partial charge in [0, 0.05) is 22.3 Å². The monoisotopic (exact) mass is 379 g/mol. The molecule has 6 heteroatoms. The number of benzene rings is 2. The Kier molecular flexibility index (Phi) is 4.66. The van der Waals surface area contributed by atoms with Gasteiger partial charge >= 0.3 is 0 Å². The van der Waals surface area contributed by atoms with Crippen molar-refractivity contribution in [1.29, 1.82) is 0 Å². The number of nitrogens with zero attached hydrogens (tertiary/aromatic N) is 1. The Balaban J connectivity index is 1.53. The predicted molar refractivity (Wildman–Crippen MR) is 110 cm³/mol. The molecule has 2 aromatic carbocycles. The largest absolute Gasteiger partial charge is 0.351 e. The van der Waals surface area contributed by atoms with Crippen LogP contribution in [-0.2, 0) is 4.79 Å².